The number of carbonyl (C=O) groups excluding carboxylic acids is 1. The first-order valence-electron chi connectivity index (χ1n) is 7.12. The van der Waals surface area contributed by atoms with Gasteiger partial charge < -0.3 is 10.5 Å². The maximum Gasteiger partial charge on any atom is 0.387 e. The van der Waals surface area contributed by atoms with Crippen LogP contribution in [0.4, 0.5) is 8.78 Å². The Balaban J connectivity index is 2.28. The molecule has 4 nitrogen and oxygen atoms in total. The minimum absolute atomic E-state index is 0.0820. The number of hydrogen-bond donors (Lipinski definition) is 2. The molecule has 6 heteroatoms. The molecule has 0 spiro atoms. The van der Waals surface area contributed by atoms with Gasteiger partial charge in [0.1, 0.15) is 5.75 Å². The summed E-state index contributed by atoms with van der Waals surface area (Å²) in [5.74, 6) is -0.387. The second kappa shape index (κ2) is 7.69. The maximum atomic E-state index is 12.2. The average molecular weight is 320 g/mol. The van der Waals surface area contributed by atoms with E-state index in [0.29, 0.717) is 0 Å². The SMILES string of the molecule is C[C@H](N[C@@H](c1ccccc1)c1ccc(OC(F)F)cc1)C(N)=O. The molecule has 0 saturated carbocycles. The number of nitrogens with one attached hydrogen (secondary N) is 1. The molecule has 2 aromatic rings. The van der Waals surface area contributed by atoms with Crippen molar-refractivity contribution >= 4 is 5.91 Å². The summed E-state index contributed by atoms with van der Waals surface area (Å²) in [5.41, 5.74) is 7.06. The van der Waals surface area contributed by atoms with Crippen molar-refractivity contribution < 1.29 is 18.3 Å². The van der Waals surface area contributed by atoms with Crippen LogP contribution < -0.4 is 15.8 Å². The molecule has 0 aliphatic heterocycles. The van der Waals surface area contributed by atoms with Crippen LogP contribution in [0.15, 0.2) is 54.6 Å². The zero-order chi connectivity index (χ0) is 16.8. The van der Waals surface area contributed by atoms with Crippen molar-refractivity contribution in [3.05, 3.63) is 65.7 Å². The molecular formula is C17H18F2N2O2. The lowest BCUT2D eigenvalue weighted by Gasteiger charge is -2.23. The van der Waals surface area contributed by atoms with Crippen molar-refractivity contribution in [3.63, 3.8) is 0 Å². The Hall–Kier alpha value is -2.47. The number of carbonyl (C=O) groups is 1. The van der Waals surface area contributed by atoms with Gasteiger partial charge in [0.05, 0.1) is 12.1 Å². The van der Waals surface area contributed by atoms with Crippen LogP contribution in [0.2, 0.25) is 0 Å². The second-order valence-electron chi connectivity index (χ2n) is 5.08. The predicted octanol–water partition coefficient (Wildman–Crippen LogP) is 2.84. The van der Waals surface area contributed by atoms with E-state index in [4.69, 9.17) is 5.73 Å². The Labute approximate surface area is 133 Å². The fraction of sp³-hybridized carbons (Fsp3) is 0.235. The van der Waals surface area contributed by atoms with Crippen LogP contribution in [-0.4, -0.2) is 18.6 Å². The van der Waals surface area contributed by atoms with Crippen LogP contribution in [0.1, 0.15) is 24.1 Å². The molecule has 23 heavy (non-hydrogen) atoms. The summed E-state index contributed by atoms with van der Waals surface area (Å²) < 4.78 is 28.8. The normalized spacial score (nSPS) is 13.6. The highest BCUT2D eigenvalue weighted by Crippen LogP contribution is 2.25. The van der Waals surface area contributed by atoms with E-state index >= 15 is 0 Å². The van der Waals surface area contributed by atoms with Gasteiger partial charge in [-0.25, -0.2) is 0 Å². The van der Waals surface area contributed by atoms with Gasteiger partial charge in [-0.15, -0.1) is 0 Å². The van der Waals surface area contributed by atoms with Crippen LogP contribution >= 0.6 is 0 Å². The molecule has 0 saturated heterocycles. The number of nitrogens with two attached hydrogens (primary N) is 1. The van der Waals surface area contributed by atoms with Crippen LogP contribution in [0.3, 0.4) is 0 Å². The zero-order valence-electron chi connectivity index (χ0n) is 12.6. The summed E-state index contributed by atoms with van der Waals surface area (Å²) in [4.78, 5) is 11.3. The molecule has 3 N–H and O–H groups in total. The summed E-state index contributed by atoms with van der Waals surface area (Å²) in [7, 11) is 0. The van der Waals surface area contributed by atoms with Gasteiger partial charge in [0, 0.05) is 0 Å². The number of halogens is 2. The molecule has 1 amide bonds. The van der Waals surface area contributed by atoms with E-state index in [-0.39, 0.29) is 11.8 Å². The number of benzene rings is 2. The molecule has 0 fully saturated rings. The Morgan fingerprint density at radius 3 is 2.13 bits per heavy atom. The highest BCUT2D eigenvalue weighted by Gasteiger charge is 2.19. The van der Waals surface area contributed by atoms with E-state index in [2.05, 4.69) is 10.1 Å². The molecule has 2 rings (SSSR count). The first-order valence-corrected chi connectivity index (χ1v) is 7.12. The summed E-state index contributed by atoms with van der Waals surface area (Å²) in [6, 6.07) is 14.9. The molecule has 0 aliphatic rings. The third-order valence-electron chi connectivity index (χ3n) is 3.41. The first-order chi connectivity index (χ1) is 11.0. The molecule has 0 aliphatic carbocycles. The van der Waals surface area contributed by atoms with E-state index in [1.807, 2.05) is 30.3 Å². The van der Waals surface area contributed by atoms with Gasteiger partial charge in [-0.3, -0.25) is 10.1 Å². The molecule has 2 atom stereocenters. The van der Waals surface area contributed by atoms with Crippen molar-refractivity contribution in [2.45, 2.75) is 25.6 Å². The molecule has 122 valence electrons. The Kier molecular flexibility index (Phi) is 5.65. The minimum Gasteiger partial charge on any atom is -0.435 e. The topological polar surface area (TPSA) is 64.3 Å². The van der Waals surface area contributed by atoms with Crippen molar-refractivity contribution in [2.75, 3.05) is 0 Å². The van der Waals surface area contributed by atoms with Gasteiger partial charge in [-0.2, -0.15) is 8.78 Å². The molecular weight excluding hydrogens is 302 g/mol. The lowest BCUT2D eigenvalue weighted by atomic mass is 9.97. The number of ether oxygens (including phenoxy) is 1. The maximum absolute atomic E-state index is 12.2. The third-order valence-corrected chi connectivity index (χ3v) is 3.41. The van der Waals surface area contributed by atoms with Crippen molar-refractivity contribution in [3.8, 4) is 5.75 Å². The average Bonchev–Trinajstić information content (AvgIpc) is 2.53. The molecule has 0 bridgehead atoms. The van der Waals surface area contributed by atoms with Crippen LogP contribution in [0.25, 0.3) is 0 Å². The highest BCUT2D eigenvalue weighted by atomic mass is 19.3. The second-order valence-corrected chi connectivity index (χ2v) is 5.08. The van der Waals surface area contributed by atoms with E-state index in [1.165, 1.54) is 12.1 Å². The van der Waals surface area contributed by atoms with Gasteiger partial charge in [-0.1, -0.05) is 42.5 Å². The molecule has 2 aromatic carbocycles. The number of rotatable bonds is 7. The molecule has 0 heterocycles. The summed E-state index contributed by atoms with van der Waals surface area (Å²) in [6.45, 7) is -1.19. The molecule has 0 unspecified atom stereocenters. The van der Waals surface area contributed by atoms with E-state index in [9.17, 15) is 13.6 Å². The smallest absolute Gasteiger partial charge is 0.387 e. The Bertz CT molecular complexity index is 633. The summed E-state index contributed by atoms with van der Waals surface area (Å²) in [6.07, 6.45) is 0. The largest absolute Gasteiger partial charge is 0.435 e. The predicted molar refractivity (Wildman–Crippen MR) is 83.2 cm³/mol. The summed E-state index contributed by atoms with van der Waals surface area (Å²) in [5, 5.41) is 3.15. The molecule has 0 aromatic heterocycles. The van der Waals surface area contributed by atoms with Crippen molar-refractivity contribution in [1.82, 2.24) is 5.32 Å². The van der Waals surface area contributed by atoms with Gasteiger partial charge >= 0.3 is 6.61 Å². The van der Waals surface area contributed by atoms with Crippen molar-refractivity contribution in [2.24, 2.45) is 5.73 Å². The fourth-order valence-electron chi connectivity index (χ4n) is 2.20. The number of amides is 1. The summed E-state index contributed by atoms with van der Waals surface area (Å²) >= 11 is 0. The van der Waals surface area contributed by atoms with E-state index in [0.717, 1.165) is 11.1 Å². The molecule has 0 radical (unpaired) electrons. The quantitative estimate of drug-likeness (QED) is 0.824. The van der Waals surface area contributed by atoms with Gasteiger partial charge in [0.25, 0.3) is 0 Å². The van der Waals surface area contributed by atoms with Crippen LogP contribution in [-0.2, 0) is 4.79 Å². The van der Waals surface area contributed by atoms with Gasteiger partial charge in [0.2, 0.25) is 5.91 Å². The van der Waals surface area contributed by atoms with Crippen LogP contribution in [0.5, 0.6) is 5.75 Å². The zero-order valence-corrected chi connectivity index (χ0v) is 12.6. The first kappa shape index (κ1) is 16.9. The number of alkyl halides is 2. The minimum atomic E-state index is -2.86. The lowest BCUT2D eigenvalue weighted by molar-refractivity contribution is -0.119. The number of hydrogen-bond acceptors (Lipinski definition) is 3. The highest BCUT2D eigenvalue weighted by molar-refractivity contribution is 5.79. The number of primary amides is 1. The monoisotopic (exact) mass is 320 g/mol. The van der Waals surface area contributed by atoms with Gasteiger partial charge in [-0.05, 0) is 30.2 Å². The van der Waals surface area contributed by atoms with E-state index < -0.39 is 18.6 Å². The lowest BCUT2D eigenvalue weighted by Crippen LogP contribution is -2.41. The van der Waals surface area contributed by atoms with Gasteiger partial charge in [0.15, 0.2) is 0 Å². The van der Waals surface area contributed by atoms with Crippen LogP contribution in [0, 0.1) is 0 Å². The standard InChI is InChI=1S/C17H18F2N2O2/c1-11(16(20)22)21-15(12-5-3-2-4-6-12)13-7-9-14(10-8-13)23-17(18)19/h2-11,15,17,21H,1H3,(H2,20,22)/t11-,15-/m0/s1. The van der Waals surface area contributed by atoms with E-state index in [1.54, 1.807) is 19.1 Å². The third kappa shape index (κ3) is 4.75. The van der Waals surface area contributed by atoms with Crippen molar-refractivity contribution in [1.29, 1.82) is 0 Å². The fourth-order valence-corrected chi connectivity index (χ4v) is 2.20. The Morgan fingerprint density at radius 1 is 1.04 bits per heavy atom. The Morgan fingerprint density at radius 2 is 1.61 bits per heavy atom.